The highest BCUT2D eigenvalue weighted by atomic mass is 16.3. The molecule has 2 heterocycles. The van der Waals surface area contributed by atoms with Crippen LogP contribution in [0, 0.1) is 23.7 Å². The predicted octanol–water partition coefficient (Wildman–Crippen LogP) is -0.230. The van der Waals surface area contributed by atoms with Crippen molar-refractivity contribution in [3.05, 3.63) is 70.8 Å². The van der Waals surface area contributed by atoms with Crippen molar-refractivity contribution in [2.75, 3.05) is 52.4 Å². The number of benzene rings is 2. The van der Waals surface area contributed by atoms with Crippen molar-refractivity contribution in [1.82, 2.24) is 30.2 Å². The number of amides is 6. The zero-order valence-corrected chi connectivity index (χ0v) is 26.4. The van der Waals surface area contributed by atoms with Gasteiger partial charge in [-0.15, -0.1) is 0 Å². The minimum absolute atomic E-state index is 0.0646. The summed E-state index contributed by atoms with van der Waals surface area (Å²) in [5.74, 6) is 9.35. The molecule has 47 heavy (non-hydrogen) atoms. The van der Waals surface area contributed by atoms with Crippen LogP contribution < -0.4 is 22.1 Å². The van der Waals surface area contributed by atoms with E-state index in [9.17, 15) is 24.3 Å². The molecule has 2 aliphatic rings. The van der Waals surface area contributed by atoms with Gasteiger partial charge in [0.15, 0.2) is 6.10 Å². The molecule has 248 valence electrons. The van der Waals surface area contributed by atoms with Crippen LogP contribution in [-0.2, 0) is 35.8 Å². The van der Waals surface area contributed by atoms with Gasteiger partial charge in [-0.3, -0.25) is 9.59 Å². The minimum atomic E-state index is -1.56. The number of urea groups is 2. The van der Waals surface area contributed by atoms with Crippen LogP contribution in [0.15, 0.2) is 48.5 Å². The second kappa shape index (κ2) is 17.6. The van der Waals surface area contributed by atoms with E-state index >= 15 is 0 Å². The average Bonchev–Trinajstić information content (AvgIpc) is 3.12. The lowest BCUT2D eigenvalue weighted by Crippen LogP contribution is -2.54. The molecule has 2 fully saturated rings. The standard InChI is InChI=1S/C34H42N8O5/c35-22-26-6-4-8-28(20-26)24-37-33(46)41-16-12-39(13-17-41)31(44)11-3-1-2-10-30(43)32(45)40-14-18-42(19-15-40)34(47)38-25-29-9-5-7-27(21-29)23-36/h4-9,20-21,30,43H,11-19,22-25,35-36H2,(H,37,46)(H,38,47). The number of piperazine rings is 2. The van der Waals surface area contributed by atoms with Crippen LogP contribution in [0.3, 0.4) is 0 Å². The van der Waals surface area contributed by atoms with Crippen LogP contribution in [-0.4, -0.2) is 107 Å². The third kappa shape index (κ3) is 10.5. The van der Waals surface area contributed by atoms with Gasteiger partial charge in [-0.25, -0.2) is 9.59 Å². The topological polar surface area (TPSA) is 178 Å². The van der Waals surface area contributed by atoms with Crippen molar-refractivity contribution in [1.29, 1.82) is 0 Å². The summed E-state index contributed by atoms with van der Waals surface area (Å²) in [7, 11) is 0. The van der Waals surface area contributed by atoms with Gasteiger partial charge in [-0.05, 0) is 40.0 Å². The van der Waals surface area contributed by atoms with Crippen molar-refractivity contribution >= 4 is 23.9 Å². The SMILES string of the molecule is NCc1cccc(CNC(=O)N2CCN(C(=O)CC#CC#CC(O)C(=O)N3CCN(C(=O)NCc4cccc(CN)c4)CC3)CC2)c1. The van der Waals surface area contributed by atoms with Gasteiger partial charge in [0, 0.05) is 78.5 Å². The van der Waals surface area contributed by atoms with Gasteiger partial charge in [0.25, 0.3) is 5.91 Å². The summed E-state index contributed by atoms with van der Waals surface area (Å²) in [5.41, 5.74) is 15.3. The summed E-state index contributed by atoms with van der Waals surface area (Å²) < 4.78 is 0. The summed E-state index contributed by atoms with van der Waals surface area (Å²) in [6.45, 7) is 4.42. The Morgan fingerprint density at radius 2 is 1.13 bits per heavy atom. The molecule has 2 saturated heterocycles. The second-order valence-electron chi connectivity index (χ2n) is 11.2. The molecule has 1 unspecified atom stereocenters. The van der Waals surface area contributed by atoms with E-state index < -0.39 is 12.0 Å². The molecule has 4 rings (SSSR count). The summed E-state index contributed by atoms with van der Waals surface area (Å²) in [6, 6.07) is 15.0. The molecule has 13 nitrogen and oxygen atoms in total. The van der Waals surface area contributed by atoms with Gasteiger partial charge in [0.05, 0.1) is 6.42 Å². The monoisotopic (exact) mass is 642 g/mol. The molecule has 0 aromatic heterocycles. The van der Waals surface area contributed by atoms with Gasteiger partial charge >= 0.3 is 12.1 Å². The third-order valence-corrected chi connectivity index (χ3v) is 7.97. The fourth-order valence-corrected chi connectivity index (χ4v) is 5.22. The number of nitrogens with two attached hydrogens (primary N) is 2. The van der Waals surface area contributed by atoms with Gasteiger partial charge in [-0.1, -0.05) is 54.5 Å². The van der Waals surface area contributed by atoms with E-state index in [0.717, 1.165) is 22.3 Å². The molecular formula is C34H42N8O5. The number of rotatable bonds is 8. The zero-order valence-electron chi connectivity index (χ0n) is 26.4. The van der Waals surface area contributed by atoms with Crippen LogP contribution >= 0.6 is 0 Å². The smallest absolute Gasteiger partial charge is 0.317 e. The van der Waals surface area contributed by atoms with Crippen LogP contribution in [0.5, 0.6) is 0 Å². The van der Waals surface area contributed by atoms with Crippen LogP contribution in [0.25, 0.3) is 0 Å². The third-order valence-electron chi connectivity index (χ3n) is 7.97. The van der Waals surface area contributed by atoms with Crippen molar-refractivity contribution in [3.8, 4) is 23.7 Å². The fourth-order valence-electron chi connectivity index (χ4n) is 5.22. The first-order valence-electron chi connectivity index (χ1n) is 15.6. The van der Waals surface area contributed by atoms with Crippen LogP contribution in [0.1, 0.15) is 28.7 Å². The average molecular weight is 643 g/mol. The zero-order chi connectivity index (χ0) is 33.6. The van der Waals surface area contributed by atoms with Gasteiger partial charge < -0.3 is 46.8 Å². The van der Waals surface area contributed by atoms with Crippen molar-refractivity contribution < 1.29 is 24.3 Å². The normalized spacial score (nSPS) is 15.0. The molecule has 0 radical (unpaired) electrons. The molecule has 6 amide bonds. The Bertz CT molecular complexity index is 1540. The van der Waals surface area contributed by atoms with E-state index in [1.807, 2.05) is 48.5 Å². The molecule has 13 heteroatoms. The highest BCUT2D eigenvalue weighted by Crippen LogP contribution is 2.09. The molecule has 0 bridgehead atoms. The summed E-state index contributed by atoms with van der Waals surface area (Å²) in [6.07, 6.45) is -1.62. The number of hydrogen-bond acceptors (Lipinski definition) is 7. The molecule has 1 atom stereocenters. The number of nitrogens with zero attached hydrogens (tertiary/aromatic N) is 4. The fraction of sp³-hybridized carbons (Fsp3) is 0.412. The first-order chi connectivity index (χ1) is 22.8. The lowest BCUT2D eigenvalue weighted by atomic mass is 10.1. The molecule has 2 aromatic carbocycles. The largest absolute Gasteiger partial charge is 0.372 e. The molecule has 2 aromatic rings. The molecule has 2 aliphatic heterocycles. The maximum Gasteiger partial charge on any atom is 0.317 e. The Morgan fingerprint density at radius 3 is 1.62 bits per heavy atom. The van der Waals surface area contributed by atoms with Crippen LogP contribution in [0.2, 0.25) is 0 Å². The minimum Gasteiger partial charge on any atom is -0.372 e. The van der Waals surface area contributed by atoms with Gasteiger partial charge in [0.1, 0.15) is 0 Å². The first kappa shape index (κ1) is 34.8. The Hall–Kier alpha value is -5.08. The molecule has 0 aliphatic carbocycles. The van der Waals surface area contributed by atoms with Crippen molar-refractivity contribution in [3.63, 3.8) is 0 Å². The molecule has 7 N–H and O–H groups in total. The summed E-state index contributed by atoms with van der Waals surface area (Å²) in [5, 5.41) is 16.0. The van der Waals surface area contributed by atoms with E-state index in [4.69, 9.17) is 11.5 Å². The Labute approximate surface area is 275 Å². The number of carbonyl (C=O) groups is 4. The number of aliphatic hydroxyl groups is 1. The maximum atomic E-state index is 12.6. The van der Waals surface area contributed by atoms with E-state index in [1.165, 1.54) is 4.90 Å². The first-order valence-corrected chi connectivity index (χ1v) is 15.6. The van der Waals surface area contributed by atoms with Crippen molar-refractivity contribution in [2.24, 2.45) is 11.5 Å². The lowest BCUT2D eigenvalue weighted by Gasteiger charge is -2.35. The Morgan fingerprint density at radius 1 is 0.681 bits per heavy atom. The van der Waals surface area contributed by atoms with Crippen molar-refractivity contribution in [2.45, 2.75) is 38.7 Å². The highest BCUT2D eigenvalue weighted by Gasteiger charge is 2.27. The lowest BCUT2D eigenvalue weighted by molar-refractivity contribution is -0.138. The highest BCUT2D eigenvalue weighted by molar-refractivity contribution is 5.84. The predicted molar refractivity (Wildman–Crippen MR) is 176 cm³/mol. The van der Waals surface area contributed by atoms with Crippen LogP contribution in [0.4, 0.5) is 9.59 Å². The number of nitrogens with one attached hydrogen (secondary N) is 2. The van der Waals surface area contributed by atoms with E-state index in [1.54, 1.807) is 14.7 Å². The van der Waals surface area contributed by atoms with E-state index in [2.05, 4.69) is 34.3 Å². The number of aliphatic hydroxyl groups excluding tert-OH is 1. The van der Waals surface area contributed by atoms with E-state index in [0.29, 0.717) is 65.4 Å². The Kier molecular flexibility index (Phi) is 13.0. The van der Waals surface area contributed by atoms with E-state index in [-0.39, 0.29) is 37.5 Å². The second-order valence-corrected chi connectivity index (χ2v) is 11.2. The Balaban J connectivity index is 1.12. The van der Waals surface area contributed by atoms with Gasteiger partial charge in [0.2, 0.25) is 5.91 Å². The number of hydrogen-bond donors (Lipinski definition) is 5. The number of carbonyl (C=O) groups excluding carboxylic acids is 4. The van der Waals surface area contributed by atoms with Gasteiger partial charge in [-0.2, -0.15) is 0 Å². The summed E-state index contributed by atoms with van der Waals surface area (Å²) in [4.78, 5) is 56.7. The summed E-state index contributed by atoms with van der Waals surface area (Å²) >= 11 is 0. The molecule has 0 spiro atoms. The quantitative estimate of drug-likeness (QED) is 0.247. The molecular weight excluding hydrogens is 600 g/mol. The molecule has 0 saturated carbocycles. The maximum absolute atomic E-state index is 12.6.